The van der Waals surface area contributed by atoms with E-state index in [0.29, 0.717) is 18.7 Å². The van der Waals surface area contributed by atoms with E-state index in [1.54, 1.807) is 30.3 Å². The summed E-state index contributed by atoms with van der Waals surface area (Å²) in [5.41, 5.74) is 0.661. The average molecular weight is 274 g/mol. The second-order valence-electron chi connectivity index (χ2n) is 4.53. The number of hydrogen-bond donors (Lipinski definition) is 2. The molecule has 1 aromatic carbocycles. The fourth-order valence-electron chi connectivity index (χ4n) is 2.03. The third-order valence-corrected chi connectivity index (χ3v) is 3.00. The third-order valence-electron chi connectivity index (χ3n) is 3.00. The van der Waals surface area contributed by atoms with Crippen LogP contribution in [0.25, 0.3) is 0 Å². The van der Waals surface area contributed by atoms with E-state index in [1.807, 2.05) is 0 Å². The van der Waals surface area contributed by atoms with Crippen molar-refractivity contribution in [3.63, 3.8) is 0 Å². The van der Waals surface area contributed by atoms with Gasteiger partial charge in [-0.05, 0) is 12.0 Å². The molecular formula is C13H17F3N2O. The summed E-state index contributed by atoms with van der Waals surface area (Å²) in [6, 6.07) is 7.09. The zero-order valence-electron chi connectivity index (χ0n) is 10.4. The Labute approximate surface area is 110 Å². The molecule has 1 saturated heterocycles. The third kappa shape index (κ3) is 4.49. The molecule has 0 aliphatic carbocycles. The fraction of sp³-hybridized carbons (Fsp3) is 0.538. The number of halogens is 3. The second-order valence-corrected chi connectivity index (χ2v) is 4.53. The van der Waals surface area contributed by atoms with Gasteiger partial charge >= 0.3 is 6.18 Å². The zero-order chi connectivity index (χ0) is 13.7. The molecule has 1 heterocycles. The van der Waals surface area contributed by atoms with Crippen molar-refractivity contribution in [1.82, 2.24) is 10.6 Å². The van der Waals surface area contributed by atoms with E-state index >= 15 is 0 Å². The second kappa shape index (κ2) is 6.36. The van der Waals surface area contributed by atoms with Crippen molar-refractivity contribution in [2.24, 2.45) is 0 Å². The lowest BCUT2D eigenvalue weighted by atomic mass is 10.1. The molecule has 6 heteroatoms. The first-order chi connectivity index (χ1) is 9.05. The molecule has 2 atom stereocenters. The van der Waals surface area contributed by atoms with Gasteiger partial charge in [0.15, 0.2) is 0 Å². The lowest BCUT2D eigenvalue weighted by Gasteiger charge is -2.30. The minimum atomic E-state index is -4.28. The maximum atomic E-state index is 13.0. The number of rotatable bonds is 4. The van der Waals surface area contributed by atoms with Crippen LogP contribution in [0.15, 0.2) is 30.3 Å². The van der Waals surface area contributed by atoms with Gasteiger partial charge in [-0.25, -0.2) is 0 Å². The Bertz CT molecular complexity index is 377. The predicted molar refractivity (Wildman–Crippen MR) is 65.7 cm³/mol. The van der Waals surface area contributed by atoms with Crippen LogP contribution in [0.4, 0.5) is 13.2 Å². The van der Waals surface area contributed by atoms with Gasteiger partial charge in [-0.15, -0.1) is 0 Å². The predicted octanol–water partition coefficient (Wildman–Crippen LogP) is 1.70. The quantitative estimate of drug-likeness (QED) is 0.876. The van der Waals surface area contributed by atoms with Crippen LogP contribution >= 0.6 is 0 Å². The number of hydrogen-bond acceptors (Lipinski definition) is 3. The van der Waals surface area contributed by atoms with Gasteiger partial charge in [-0.3, -0.25) is 10.6 Å². The van der Waals surface area contributed by atoms with Crippen LogP contribution in [0.2, 0.25) is 0 Å². The van der Waals surface area contributed by atoms with Gasteiger partial charge < -0.3 is 4.74 Å². The smallest absolute Gasteiger partial charge is 0.377 e. The number of benzene rings is 1. The van der Waals surface area contributed by atoms with Crippen molar-refractivity contribution in [1.29, 1.82) is 0 Å². The van der Waals surface area contributed by atoms with Crippen LogP contribution in [0.5, 0.6) is 0 Å². The van der Waals surface area contributed by atoms with Crippen molar-refractivity contribution in [2.75, 3.05) is 19.8 Å². The standard InChI is InChI=1S/C13H17F3N2O/c14-13(15,16)11(8-10-4-2-1-3-5-10)18-12-9-19-7-6-17-12/h1-5,11-12,17-18H,6-9H2. The van der Waals surface area contributed by atoms with Gasteiger partial charge in [0.05, 0.1) is 19.4 Å². The maximum absolute atomic E-state index is 13.0. The number of alkyl halides is 3. The molecular weight excluding hydrogens is 257 g/mol. The van der Waals surface area contributed by atoms with E-state index < -0.39 is 18.4 Å². The Balaban J connectivity index is 1.99. The summed E-state index contributed by atoms with van der Waals surface area (Å²) in [6.07, 6.45) is -4.82. The molecule has 0 bridgehead atoms. The van der Waals surface area contributed by atoms with Gasteiger partial charge in [0, 0.05) is 6.54 Å². The summed E-state index contributed by atoms with van der Waals surface area (Å²) in [5.74, 6) is 0. The first-order valence-electron chi connectivity index (χ1n) is 6.23. The molecule has 1 aliphatic rings. The number of ether oxygens (including phenoxy) is 1. The monoisotopic (exact) mass is 274 g/mol. The Hall–Kier alpha value is -1.11. The SMILES string of the molecule is FC(F)(F)C(Cc1ccccc1)NC1COCCN1. The molecule has 0 amide bonds. The summed E-state index contributed by atoms with van der Waals surface area (Å²) in [5, 5.41) is 5.55. The van der Waals surface area contributed by atoms with Crippen molar-refractivity contribution in [3.05, 3.63) is 35.9 Å². The van der Waals surface area contributed by atoms with Crippen LogP contribution in [-0.4, -0.2) is 38.1 Å². The summed E-state index contributed by atoms with van der Waals surface area (Å²) in [6.45, 7) is 1.35. The van der Waals surface area contributed by atoms with Crippen LogP contribution in [0, 0.1) is 0 Å². The highest BCUT2D eigenvalue weighted by Crippen LogP contribution is 2.23. The lowest BCUT2D eigenvalue weighted by Crippen LogP contribution is -2.58. The Morgan fingerprint density at radius 2 is 2.05 bits per heavy atom. The number of nitrogens with one attached hydrogen (secondary N) is 2. The first-order valence-corrected chi connectivity index (χ1v) is 6.23. The minimum absolute atomic E-state index is 0.0808. The van der Waals surface area contributed by atoms with Crippen molar-refractivity contribution in [2.45, 2.75) is 24.8 Å². The Morgan fingerprint density at radius 3 is 2.63 bits per heavy atom. The highest BCUT2D eigenvalue weighted by molar-refractivity contribution is 5.16. The van der Waals surface area contributed by atoms with E-state index in [-0.39, 0.29) is 13.0 Å². The first kappa shape index (κ1) is 14.3. The van der Waals surface area contributed by atoms with E-state index in [0.717, 1.165) is 0 Å². The van der Waals surface area contributed by atoms with Gasteiger partial charge in [0.2, 0.25) is 0 Å². The Kier molecular flexibility index (Phi) is 4.79. The average Bonchev–Trinajstić information content (AvgIpc) is 2.39. The van der Waals surface area contributed by atoms with Gasteiger partial charge in [0.25, 0.3) is 0 Å². The van der Waals surface area contributed by atoms with E-state index in [1.165, 1.54) is 0 Å². The highest BCUT2D eigenvalue weighted by Gasteiger charge is 2.40. The molecule has 106 valence electrons. The molecule has 0 radical (unpaired) electrons. The fourth-order valence-corrected chi connectivity index (χ4v) is 2.03. The molecule has 0 spiro atoms. The summed E-state index contributed by atoms with van der Waals surface area (Å²) in [7, 11) is 0. The van der Waals surface area contributed by atoms with Gasteiger partial charge in [-0.2, -0.15) is 13.2 Å². The lowest BCUT2D eigenvalue weighted by molar-refractivity contribution is -0.160. The zero-order valence-corrected chi connectivity index (χ0v) is 10.4. The maximum Gasteiger partial charge on any atom is 0.404 e. The summed E-state index contributed by atoms with van der Waals surface area (Å²) in [4.78, 5) is 0. The normalized spacial score (nSPS) is 22.2. The van der Waals surface area contributed by atoms with Gasteiger partial charge in [0.1, 0.15) is 6.04 Å². The van der Waals surface area contributed by atoms with E-state index in [4.69, 9.17) is 4.74 Å². The van der Waals surface area contributed by atoms with E-state index in [9.17, 15) is 13.2 Å². The molecule has 2 unspecified atom stereocenters. The highest BCUT2D eigenvalue weighted by atomic mass is 19.4. The summed E-state index contributed by atoms with van der Waals surface area (Å²) >= 11 is 0. The van der Waals surface area contributed by atoms with Crippen LogP contribution in [0.3, 0.4) is 0 Å². The molecule has 0 aromatic heterocycles. The topological polar surface area (TPSA) is 33.3 Å². The minimum Gasteiger partial charge on any atom is -0.377 e. The Morgan fingerprint density at radius 1 is 1.32 bits per heavy atom. The van der Waals surface area contributed by atoms with Crippen LogP contribution in [0.1, 0.15) is 5.56 Å². The molecule has 1 aliphatic heterocycles. The largest absolute Gasteiger partial charge is 0.404 e. The van der Waals surface area contributed by atoms with Gasteiger partial charge in [-0.1, -0.05) is 30.3 Å². The van der Waals surface area contributed by atoms with Crippen LogP contribution < -0.4 is 10.6 Å². The van der Waals surface area contributed by atoms with Crippen LogP contribution in [-0.2, 0) is 11.2 Å². The molecule has 0 saturated carbocycles. The molecule has 3 nitrogen and oxygen atoms in total. The molecule has 1 fully saturated rings. The van der Waals surface area contributed by atoms with Crippen molar-refractivity contribution < 1.29 is 17.9 Å². The van der Waals surface area contributed by atoms with Crippen molar-refractivity contribution in [3.8, 4) is 0 Å². The van der Waals surface area contributed by atoms with E-state index in [2.05, 4.69) is 10.6 Å². The molecule has 2 rings (SSSR count). The van der Waals surface area contributed by atoms with Crippen molar-refractivity contribution >= 4 is 0 Å². The number of morpholine rings is 1. The molecule has 2 N–H and O–H groups in total. The summed E-state index contributed by atoms with van der Waals surface area (Å²) < 4.78 is 44.2. The molecule has 19 heavy (non-hydrogen) atoms. The molecule has 1 aromatic rings.